The van der Waals surface area contributed by atoms with E-state index in [0.29, 0.717) is 21.9 Å². The molecule has 0 spiro atoms. The molecule has 6 nitrogen and oxygen atoms in total. The monoisotopic (exact) mass is 424 g/mol. The van der Waals surface area contributed by atoms with E-state index in [2.05, 4.69) is 10.1 Å². The van der Waals surface area contributed by atoms with Crippen molar-refractivity contribution in [3.05, 3.63) is 76.3 Å². The Morgan fingerprint density at radius 3 is 2.63 bits per heavy atom. The summed E-state index contributed by atoms with van der Waals surface area (Å²) in [7, 11) is 0. The van der Waals surface area contributed by atoms with Crippen LogP contribution < -0.4 is 0 Å². The van der Waals surface area contributed by atoms with Crippen LogP contribution in [0, 0.1) is 6.92 Å². The molecular formula is C23H24N2O4S. The summed E-state index contributed by atoms with van der Waals surface area (Å²) in [6, 6.07) is 11.0. The molecule has 0 aliphatic heterocycles. The van der Waals surface area contributed by atoms with Crippen molar-refractivity contribution >= 4 is 23.5 Å². The molecule has 0 amide bonds. The number of ether oxygens (including phenoxy) is 1. The average Bonchev–Trinajstić information content (AvgIpc) is 3.20. The summed E-state index contributed by atoms with van der Waals surface area (Å²) < 4.78 is 10.4. The summed E-state index contributed by atoms with van der Waals surface area (Å²) >= 11 is 1.36. The SMILES string of the molecule is CCc1ccc(CC)c(C(=O)COC(=O)c2cccnc2SCc2cc(C)on2)c1. The third kappa shape index (κ3) is 5.36. The molecule has 0 aliphatic carbocycles. The fraction of sp³-hybridized carbons (Fsp3) is 0.304. The van der Waals surface area contributed by atoms with Crippen LogP contribution in [0.2, 0.25) is 0 Å². The van der Waals surface area contributed by atoms with Gasteiger partial charge in [0.05, 0.1) is 11.3 Å². The van der Waals surface area contributed by atoms with Gasteiger partial charge in [0, 0.05) is 23.6 Å². The molecule has 0 fully saturated rings. The number of aryl methyl sites for hydroxylation is 3. The quantitative estimate of drug-likeness (QED) is 0.276. The molecule has 0 bridgehead atoms. The van der Waals surface area contributed by atoms with E-state index < -0.39 is 5.97 Å². The number of ketones is 1. The first-order chi connectivity index (χ1) is 14.5. The highest BCUT2D eigenvalue weighted by Gasteiger charge is 2.18. The van der Waals surface area contributed by atoms with Gasteiger partial charge in [-0.2, -0.15) is 0 Å². The van der Waals surface area contributed by atoms with Crippen LogP contribution in [0.15, 0.2) is 52.1 Å². The molecule has 2 aromatic heterocycles. The zero-order valence-corrected chi connectivity index (χ0v) is 18.1. The number of nitrogens with zero attached hydrogens (tertiary/aromatic N) is 2. The van der Waals surface area contributed by atoms with Crippen LogP contribution in [0.1, 0.15) is 57.1 Å². The number of hydrogen-bond acceptors (Lipinski definition) is 7. The van der Waals surface area contributed by atoms with Crippen LogP contribution in [0.5, 0.6) is 0 Å². The first-order valence-electron chi connectivity index (χ1n) is 9.84. The second kappa shape index (κ2) is 10.2. The number of benzene rings is 1. The first-order valence-corrected chi connectivity index (χ1v) is 10.8. The Balaban J connectivity index is 1.67. The van der Waals surface area contributed by atoms with Crippen molar-refractivity contribution in [2.24, 2.45) is 0 Å². The predicted molar refractivity (Wildman–Crippen MR) is 115 cm³/mol. The van der Waals surface area contributed by atoms with Gasteiger partial charge in [-0.25, -0.2) is 9.78 Å². The van der Waals surface area contributed by atoms with Gasteiger partial charge in [0.1, 0.15) is 10.8 Å². The minimum absolute atomic E-state index is 0.202. The van der Waals surface area contributed by atoms with Gasteiger partial charge >= 0.3 is 5.97 Å². The van der Waals surface area contributed by atoms with E-state index >= 15 is 0 Å². The Morgan fingerprint density at radius 2 is 1.93 bits per heavy atom. The molecule has 0 radical (unpaired) electrons. The maximum atomic E-state index is 12.7. The predicted octanol–water partition coefficient (Wildman–Crippen LogP) is 4.83. The number of Topliss-reactive ketones (excluding diaryl/α,β-unsaturated/α-hetero) is 1. The normalized spacial score (nSPS) is 10.8. The molecule has 0 unspecified atom stereocenters. The average molecular weight is 425 g/mol. The highest BCUT2D eigenvalue weighted by molar-refractivity contribution is 7.98. The van der Waals surface area contributed by atoms with Crippen LogP contribution in [0.3, 0.4) is 0 Å². The van der Waals surface area contributed by atoms with Gasteiger partial charge in [-0.1, -0.05) is 42.9 Å². The van der Waals surface area contributed by atoms with Crippen LogP contribution >= 0.6 is 11.8 Å². The minimum Gasteiger partial charge on any atom is -0.454 e. The van der Waals surface area contributed by atoms with Gasteiger partial charge in [0.2, 0.25) is 5.78 Å². The second-order valence-corrected chi connectivity index (χ2v) is 7.74. The van der Waals surface area contributed by atoms with Crippen molar-refractivity contribution in [3.63, 3.8) is 0 Å². The molecular weight excluding hydrogens is 400 g/mol. The number of carbonyl (C=O) groups excluding carboxylic acids is 2. The Kier molecular flexibility index (Phi) is 7.41. The van der Waals surface area contributed by atoms with Crippen LogP contribution in [-0.2, 0) is 23.3 Å². The lowest BCUT2D eigenvalue weighted by molar-refractivity contribution is 0.0470. The molecule has 0 N–H and O–H groups in total. The Labute approximate surface area is 180 Å². The van der Waals surface area contributed by atoms with E-state index in [-0.39, 0.29) is 12.4 Å². The van der Waals surface area contributed by atoms with Gasteiger partial charge in [0.15, 0.2) is 6.61 Å². The van der Waals surface area contributed by atoms with Gasteiger partial charge in [-0.15, -0.1) is 0 Å². The Hall–Kier alpha value is -2.93. The largest absolute Gasteiger partial charge is 0.454 e. The molecule has 0 saturated heterocycles. The number of esters is 1. The standard InChI is InChI=1S/C23H24N2O4S/c1-4-16-8-9-17(5-2)20(12-16)21(26)13-28-23(27)19-7-6-10-24-22(19)30-14-18-11-15(3)29-25-18/h6-12H,4-5,13-14H2,1-3H3. The molecule has 156 valence electrons. The molecule has 2 heterocycles. The highest BCUT2D eigenvalue weighted by Crippen LogP contribution is 2.25. The molecule has 0 aliphatic rings. The van der Waals surface area contributed by atoms with Crippen molar-refractivity contribution < 1.29 is 18.8 Å². The lowest BCUT2D eigenvalue weighted by Gasteiger charge is -2.11. The fourth-order valence-electron chi connectivity index (χ4n) is 2.99. The van der Waals surface area contributed by atoms with E-state index in [1.54, 1.807) is 18.3 Å². The third-order valence-corrected chi connectivity index (χ3v) is 5.66. The van der Waals surface area contributed by atoms with Gasteiger partial charge in [0.25, 0.3) is 0 Å². The molecule has 30 heavy (non-hydrogen) atoms. The number of hydrogen-bond donors (Lipinski definition) is 0. The fourth-order valence-corrected chi connectivity index (χ4v) is 3.85. The van der Waals surface area contributed by atoms with Crippen LogP contribution in [0.4, 0.5) is 0 Å². The van der Waals surface area contributed by atoms with Crippen molar-refractivity contribution in [3.8, 4) is 0 Å². The smallest absolute Gasteiger partial charge is 0.341 e. The lowest BCUT2D eigenvalue weighted by Crippen LogP contribution is -2.16. The number of pyridine rings is 1. The van der Waals surface area contributed by atoms with Crippen molar-refractivity contribution in [2.75, 3.05) is 6.61 Å². The molecule has 0 saturated carbocycles. The highest BCUT2D eigenvalue weighted by atomic mass is 32.2. The summed E-state index contributed by atoms with van der Waals surface area (Å²) in [5.74, 6) is 0.465. The second-order valence-electron chi connectivity index (χ2n) is 6.77. The van der Waals surface area contributed by atoms with Gasteiger partial charge in [-0.05, 0) is 49.1 Å². The topological polar surface area (TPSA) is 82.3 Å². The maximum absolute atomic E-state index is 12.7. The van der Waals surface area contributed by atoms with Crippen LogP contribution in [0.25, 0.3) is 0 Å². The summed E-state index contributed by atoms with van der Waals surface area (Å²) in [6.45, 7) is 5.55. The molecule has 7 heteroatoms. The van der Waals surface area contributed by atoms with Gasteiger partial charge in [-0.3, -0.25) is 4.79 Å². The van der Waals surface area contributed by atoms with E-state index in [0.717, 1.165) is 35.4 Å². The molecule has 3 rings (SSSR count). The number of aromatic nitrogens is 2. The summed E-state index contributed by atoms with van der Waals surface area (Å²) in [5, 5.41) is 4.47. The molecule has 0 atom stereocenters. The summed E-state index contributed by atoms with van der Waals surface area (Å²) in [4.78, 5) is 29.6. The van der Waals surface area contributed by atoms with Crippen molar-refractivity contribution in [2.45, 2.75) is 44.4 Å². The summed E-state index contributed by atoms with van der Waals surface area (Å²) in [5.41, 5.74) is 3.74. The maximum Gasteiger partial charge on any atom is 0.341 e. The Morgan fingerprint density at radius 1 is 1.10 bits per heavy atom. The third-order valence-electron chi connectivity index (χ3n) is 4.62. The lowest BCUT2D eigenvalue weighted by atomic mass is 9.98. The Bertz CT molecular complexity index is 1050. The van der Waals surface area contributed by atoms with E-state index in [9.17, 15) is 9.59 Å². The van der Waals surface area contributed by atoms with E-state index in [4.69, 9.17) is 9.26 Å². The van der Waals surface area contributed by atoms with E-state index in [1.807, 2.05) is 45.0 Å². The number of rotatable bonds is 9. The molecule has 1 aromatic carbocycles. The van der Waals surface area contributed by atoms with Crippen molar-refractivity contribution in [1.82, 2.24) is 10.1 Å². The van der Waals surface area contributed by atoms with Gasteiger partial charge < -0.3 is 9.26 Å². The number of thioether (sulfide) groups is 1. The first kappa shape index (κ1) is 21.8. The zero-order chi connectivity index (χ0) is 21.5. The van der Waals surface area contributed by atoms with Crippen molar-refractivity contribution in [1.29, 1.82) is 0 Å². The van der Waals surface area contributed by atoms with E-state index in [1.165, 1.54) is 11.8 Å². The van der Waals surface area contributed by atoms with Crippen LogP contribution in [-0.4, -0.2) is 28.5 Å². The summed E-state index contributed by atoms with van der Waals surface area (Å²) in [6.07, 6.45) is 3.19. The zero-order valence-electron chi connectivity index (χ0n) is 17.3. The number of carbonyl (C=O) groups is 2. The minimum atomic E-state index is -0.569. The molecule has 3 aromatic rings.